The largest absolute Gasteiger partial charge is 0.460 e. The molecule has 2 saturated heterocycles. The van der Waals surface area contributed by atoms with Crippen LogP contribution in [0.5, 0.6) is 0 Å². The number of esters is 1. The fourth-order valence-corrected chi connectivity index (χ4v) is 4.48. The summed E-state index contributed by atoms with van der Waals surface area (Å²) < 4.78 is 7.57. The minimum Gasteiger partial charge on any atom is -0.460 e. The molecule has 148 valence electrons. The van der Waals surface area contributed by atoms with E-state index in [1.807, 2.05) is 41.3 Å². The smallest absolute Gasteiger partial charge is 0.321 e. The lowest BCUT2D eigenvalue weighted by atomic mass is 9.76. The predicted molar refractivity (Wildman–Crippen MR) is 107 cm³/mol. The fraction of sp³-hybridized carbons (Fsp3) is 0.450. The number of benzene rings is 1. The van der Waals surface area contributed by atoms with Crippen LogP contribution < -0.4 is 5.32 Å². The molecule has 3 heterocycles. The number of urea groups is 1. The van der Waals surface area contributed by atoms with E-state index < -0.39 is 5.41 Å². The number of thioether (sulfide) groups is 1. The second-order valence-corrected chi connectivity index (χ2v) is 8.30. The number of nitrogens with one attached hydrogen (secondary N) is 1. The number of carbonyl (C=O) groups is 2. The van der Waals surface area contributed by atoms with Crippen molar-refractivity contribution < 1.29 is 14.3 Å². The van der Waals surface area contributed by atoms with Crippen LogP contribution in [0.1, 0.15) is 19.3 Å². The van der Waals surface area contributed by atoms with Crippen molar-refractivity contribution in [1.29, 1.82) is 0 Å². The molecule has 1 N–H and O–H groups in total. The Morgan fingerprint density at radius 3 is 2.93 bits per heavy atom. The molecule has 2 aliphatic rings. The van der Waals surface area contributed by atoms with Crippen molar-refractivity contribution in [1.82, 2.24) is 14.5 Å². The van der Waals surface area contributed by atoms with Gasteiger partial charge in [-0.15, -0.1) is 11.8 Å². The Labute approximate surface area is 168 Å². The highest BCUT2D eigenvalue weighted by Gasteiger charge is 2.50. The zero-order valence-corrected chi connectivity index (χ0v) is 16.7. The third-order valence-electron chi connectivity index (χ3n) is 5.63. The Bertz CT molecular complexity index is 847. The second-order valence-electron chi connectivity index (χ2n) is 7.42. The van der Waals surface area contributed by atoms with Crippen LogP contribution in [0.15, 0.2) is 47.9 Å². The van der Waals surface area contributed by atoms with Crippen molar-refractivity contribution in [2.75, 3.05) is 24.7 Å². The number of nitrogens with zero attached hydrogens (tertiary/aromatic N) is 3. The van der Waals surface area contributed by atoms with E-state index in [9.17, 15) is 9.59 Å². The van der Waals surface area contributed by atoms with Crippen LogP contribution in [0.2, 0.25) is 0 Å². The first-order valence-electron chi connectivity index (χ1n) is 9.45. The Morgan fingerprint density at radius 2 is 2.21 bits per heavy atom. The van der Waals surface area contributed by atoms with Gasteiger partial charge < -0.3 is 19.5 Å². The van der Waals surface area contributed by atoms with Gasteiger partial charge in [-0.25, -0.2) is 9.78 Å². The summed E-state index contributed by atoms with van der Waals surface area (Å²) in [7, 11) is 0. The molecule has 0 bridgehead atoms. The average Bonchev–Trinajstić information content (AvgIpc) is 3.31. The van der Waals surface area contributed by atoms with Crippen molar-refractivity contribution in [3.05, 3.63) is 43.0 Å². The number of hydrogen-bond donors (Lipinski definition) is 1. The van der Waals surface area contributed by atoms with Crippen LogP contribution in [0, 0.1) is 5.41 Å². The Hall–Kier alpha value is -2.48. The summed E-state index contributed by atoms with van der Waals surface area (Å²) in [5, 5.41) is 2.96. The summed E-state index contributed by atoms with van der Waals surface area (Å²) in [6, 6.07) is 7.68. The first-order valence-corrected chi connectivity index (χ1v) is 10.7. The van der Waals surface area contributed by atoms with E-state index in [0.29, 0.717) is 38.9 Å². The van der Waals surface area contributed by atoms with Gasteiger partial charge in [0.1, 0.15) is 6.10 Å². The molecule has 0 saturated carbocycles. The number of rotatable bonds is 4. The molecule has 2 fully saturated rings. The summed E-state index contributed by atoms with van der Waals surface area (Å²) in [4.78, 5) is 32.1. The van der Waals surface area contributed by atoms with Crippen LogP contribution in [0.3, 0.4) is 0 Å². The SMILES string of the molecule is CSc1cccc(NC(=O)N2CCC3(CC2)CC(Cn2ccnc2)OC3=O)c1. The van der Waals surface area contributed by atoms with Gasteiger partial charge in [0.15, 0.2) is 0 Å². The summed E-state index contributed by atoms with van der Waals surface area (Å²) >= 11 is 1.64. The quantitative estimate of drug-likeness (QED) is 0.630. The van der Waals surface area contributed by atoms with Gasteiger partial charge in [0.2, 0.25) is 0 Å². The van der Waals surface area contributed by atoms with Gasteiger partial charge in [-0.3, -0.25) is 4.79 Å². The van der Waals surface area contributed by atoms with E-state index in [1.165, 1.54) is 0 Å². The first kappa shape index (κ1) is 18.9. The molecule has 1 unspecified atom stereocenters. The molecule has 1 aromatic heterocycles. The molecule has 1 atom stereocenters. The highest BCUT2D eigenvalue weighted by Crippen LogP contribution is 2.43. The van der Waals surface area contributed by atoms with Gasteiger partial charge in [-0.2, -0.15) is 0 Å². The van der Waals surface area contributed by atoms with Gasteiger partial charge in [0.05, 0.1) is 18.3 Å². The molecule has 0 radical (unpaired) electrons. The van der Waals surface area contributed by atoms with Gasteiger partial charge in [-0.1, -0.05) is 6.07 Å². The molecule has 28 heavy (non-hydrogen) atoms. The zero-order chi connectivity index (χ0) is 19.6. The summed E-state index contributed by atoms with van der Waals surface area (Å²) in [6.45, 7) is 1.74. The van der Waals surface area contributed by atoms with Crippen molar-refractivity contribution in [2.45, 2.75) is 36.8 Å². The normalized spacial score (nSPS) is 21.0. The van der Waals surface area contributed by atoms with Crippen LogP contribution >= 0.6 is 11.8 Å². The molecule has 2 amide bonds. The van der Waals surface area contributed by atoms with Crippen molar-refractivity contribution in [2.24, 2.45) is 5.41 Å². The van der Waals surface area contributed by atoms with Crippen LogP contribution in [0.25, 0.3) is 0 Å². The van der Waals surface area contributed by atoms with Crippen LogP contribution in [-0.2, 0) is 16.1 Å². The summed E-state index contributed by atoms with van der Waals surface area (Å²) in [5.41, 5.74) is 0.332. The number of ether oxygens (including phenoxy) is 1. The van der Waals surface area contributed by atoms with Gasteiger partial charge in [0, 0.05) is 42.5 Å². The Morgan fingerprint density at radius 1 is 1.39 bits per heavy atom. The molecule has 4 rings (SSSR count). The lowest BCUT2D eigenvalue weighted by Crippen LogP contribution is -2.46. The molecule has 7 nitrogen and oxygen atoms in total. The average molecular weight is 401 g/mol. The zero-order valence-electron chi connectivity index (χ0n) is 15.8. The Balaban J connectivity index is 1.33. The molecular formula is C20H24N4O3S. The van der Waals surface area contributed by atoms with Crippen molar-refractivity contribution in [3.63, 3.8) is 0 Å². The molecule has 8 heteroatoms. The topological polar surface area (TPSA) is 76.5 Å². The van der Waals surface area contributed by atoms with Crippen LogP contribution in [-0.4, -0.2) is 51.9 Å². The highest BCUT2D eigenvalue weighted by atomic mass is 32.2. The maximum Gasteiger partial charge on any atom is 0.321 e. The molecule has 1 spiro atoms. The van der Waals surface area contributed by atoms with Crippen molar-refractivity contribution >= 4 is 29.4 Å². The predicted octanol–water partition coefficient (Wildman–Crippen LogP) is 3.23. The summed E-state index contributed by atoms with van der Waals surface area (Å²) in [6.07, 6.45) is 9.20. The van der Waals surface area contributed by atoms with Gasteiger partial charge in [-0.05, 0) is 37.3 Å². The number of carbonyl (C=O) groups excluding carboxylic acids is 2. The van der Waals surface area contributed by atoms with Crippen molar-refractivity contribution in [3.8, 4) is 0 Å². The number of anilines is 1. The number of imidazole rings is 1. The van der Waals surface area contributed by atoms with E-state index in [-0.39, 0.29) is 18.1 Å². The molecule has 0 aliphatic carbocycles. The van der Waals surface area contributed by atoms with Gasteiger partial charge >= 0.3 is 12.0 Å². The van der Waals surface area contributed by atoms with E-state index in [1.54, 1.807) is 29.2 Å². The fourth-order valence-electron chi connectivity index (χ4n) is 4.02. The minimum atomic E-state index is -0.458. The number of amides is 2. The lowest BCUT2D eigenvalue weighted by Gasteiger charge is -2.36. The molecular weight excluding hydrogens is 376 g/mol. The Kier molecular flexibility index (Phi) is 5.30. The number of hydrogen-bond acceptors (Lipinski definition) is 5. The highest BCUT2D eigenvalue weighted by molar-refractivity contribution is 7.98. The standard InChI is InChI=1S/C20H24N4O3S/c1-28-17-4-2-3-15(11-17)22-19(26)24-8-5-20(6-9-24)12-16(27-18(20)25)13-23-10-7-21-14-23/h2-4,7,10-11,14,16H,5-6,8-9,12-13H2,1H3,(H,22,26). The van der Waals surface area contributed by atoms with Gasteiger partial charge in [0.25, 0.3) is 0 Å². The van der Waals surface area contributed by atoms with Crippen LogP contribution in [0.4, 0.5) is 10.5 Å². The monoisotopic (exact) mass is 400 g/mol. The van der Waals surface area contributed by atoms with E-state index in [4.69, 9.17) is 4.74 Å². The number of aromatic nitrogens is 2. The number of likely N-dealkylation sites (tertiary alicyclic amines) is 1. The van der Waals surface area contributed by atoms with E-state index >= 15 is 0 Å². The number of piperidine rings is 1. The third-order valence-corrected chi connectivity index (χ3v) is 6.35. The number of cyclic esters (lactones) is 1. The minimum absolute atomic E-state index is 0.116. The lowest BCUT2D eigenvalue weighted by molar-refractivity contribution is -0.150. The molecule has 1 aromatic carbocycles. The van der Waals surface area contributed by atoms with E-state index in [2.05, 4.69) is 10.3 Å². The second kappa shape index (κ2) is 7.87. The maximum absolute atomic E-state index is 12.6. The molecule has 2 aliphatic heterocycles. The molecule has 2 aromatic rings. The van der Waals surface area contributed by atoms with E-state index in [0.717, 1.165) is 10.6 Å². The third kappa shape index (κ3) is 3.87. The maximum atomic E-state index is 12.6. The first-order chi connectivity index (χ1) is 13.6. The summed E-state index contributed by atoms with van der Waals surface area (Å²) in [5.74, 6) is -0.120.